The molecule has 3 rings (SSSR count). The fraction of sp³-hybridized carbons (Fsp3) is 0.625. The molecule has 0 spiro atoms. The number of benzene rings is 1. The summed E-state index contributed by atoms with van der Waals surface area (Å²) in [5, 5.41) is 12.8. The maximum absolute atomic E-state index is 12.9. The lowest BCUT2D eigenvalue weighted by molar-refractivity contribution is -0.376. The van der Waals surface area contributed by atoms with Crippen molar-refractivity contribution in [2.24, 2.45) is 5.92 Å². The zero-order valence-electron chi connectivity index (χ0n) is 13.2. The molecule has 0 radical (unpaired) electrons. The lowest BCUT2D eigenvalue weighted by atomic mass is 9.92. The van der Waals surface area contributed by atoms with E-state index in [0.29, 0.717) is 43.4 Å². The fourth-order valence-electron chi connectivity index (χ4n) is 3.23. The monoisotopic (exact) mass is 368 g/mol. The summed E-state index contributed by atoms with van der Waals surface area (Å²) < 4.78 is 77.4. The van der Waals surface area contributed by atoms with Crippen LogP contribution in [0.25, 0.3) is 0 Å². The highest BCUT2D eigenvalue weighted by atomic mass is 19.4. The molecule has 1 aliphatic carbocycles. The van der Waals surface area contributed by atoms with E-state index >= 15 is 0 Å². The third-order valence-electron chi connectivity index (χ3n) is 4.87. The topological polar surface area (TPSA) is 35.5 Å². The Morgan fingerprint density at radius 2 is 1.52 bits per heavy atom. The highest BCUT2D eigenvalue weighted by Gasteiger charge is 2.71. The van der Waals surface area contributed by atoms with Crippen molar-refractivity contribution in [3.05, 3.63) is 29.8 Å². The van der Waals surface area contributed by atoms with Crippen molar-refractivity contribution in [2.75, 3.05) is 24.5 Å². The number of anilines is 1. The molecule has 1 saturated carbocycles. The quantitative estimate of drug-likeness (QED) is 0.805. The first-order valence-corrected chi connectivity index (χ1v) is 7.99. The van der Waals surface area contributed by atoms with Gasteiger partial charge in [-0.15, -0.1) is 0 Å². The number of piperazine rings is 1. The maximum Gasteiger partial charge on any atom is 0.430 e. The van der Waals surface area contributed by atoms with Crippen LogP contribution < -0.4 is 10.2 Å². The molecular weight excluding hydrogens is 350 g/mol. The predicted octanol–water partition coefficient (Wildman–Crippen LogP) is 3.19. The van der Waals surface area contributed by atoms with Crippen LogP contribution in [0.4, 0.5) is 32.0 Å². The number of rotatable bonds is 3. The molecule has 2 aliphatic rings. The molecule has 0 bridgehead atoms. The molecule has 1 saturated heterocycles. The average molecular weight is 368 g/mol. The standard InChI is InChI=1S/C16H18F6N2O/c17-15(18,19)14(25,16(20,21)22)11-3-5-12(6-4-11)24-8-7-23-13(9-24)10-1-2-10/h3-6,10,13,23,25H,1-2,7-9H2/t13-/m0/s1. The summed E-state index contributed by atoms with van der Waals surface area (Å²) in [5.41, 5.74) is -5.56. The van der Waals surface area contributed by atoms with Crippen molar-refractivity contribution < 1.29 is 31.4 Å². The van der Waals surface area contributed by atoms with Gasteiger partial charge in [0.05, 0.1) is 0 Å². The molecule has 1 heterocycles. The van der Waals surface area contributed by atoms with Crippen LogP contribution in [0.1, 0.15) is 18.4 Å². The van der Waals surface area contributed by atoms with Crippen LogP contribution in [0, 0.1) is 5.92 Å². The van der Waals surface area contributed by atoms with Gasteiger partial charge in [0.2, 0.25) is 0 Å². The second kappa shape index (κ2) is 6.05. The van der Waals surface area contributed by atoms with Gasteiger partial charge in [0.1, 0.15) is 0 Å². The van der Waals surface area contributed by atoms with Crippen LogP contribution in [0.15, 0.2) is 24.3 Å². The van der Waals surface area contributed by atoms with E-state index in [1.54, 1.807) is 0 Å². The van der Waals surface area contributed by atoms with Gasteiger partial charge in [-0.2, -0.15) is 26.3 Å². The summed E-state index contributed by atoms with van der Waals surface area (Å²) >= 11 is 0. The fourth-order valence-corrected chi connectivity index (χ4v) is 3.23. The van der Waals surface area contributed by atoms with Crippen molar-refractivity contribution in [2.45, 2.75) is 36.8 Å². The molecule has 25 heavy (non-hydrogen) atoms. The van der Waals surface area contributed by atoms with Crippen LogP contribution >= 0.6 is 0 Å². The largest absolute Gasteiger partial charge is 0.430 e. The van der Waals surface area contributed by atoms with E-state index in [2.05, 4.69) is 5.32 Å². The minimum absolute atomic E-state index is 0.288. The van der Waals surface area contributed by atoms with Gasteiger partial charge >= 0.3 is 12.4 Å². The van der Waals surface area contributed by atoms with Crippen molar-refractivity contribution >= 4 is 5.69 Å². The zero-order chi connectivity index (χ0) is 18.5. The third kappa shape index (κ3) is 3.31. The molecule has 1 aromatic rings. The lowest BCUT2D eigenvalue weighted by Gasteiger charge is -2.36. The Hall–Kier alpha value is -1.48. The first kappa shape index (κ1) is 18.3. The Morgan fingerprint density at radius 3 is 2.00 bits per heavy atom. The summed E-state index contributed by atoms with van der Waals surface area (Å²) in [4.78, 5) is 1.93. The Balaban J connectivity index is 1.83. The molecule has 9 heteroatoms. The van der Waals surface area contributed by atoms with E-state index in [1.807, 2.05) is 4.90 Å². The first-order chi connectivity index (χ1) is 11.5. The van der Waals surface area contributed by atoms with E-state index in [-0.39, 0.29) is 6.04 Å². The summed E-state index contributed by atoms with van der Waals surface area (Å²) in [6.07, 6.45) is -9.46. The Labute approximate surface area is 140 Å². The summed E-state index contributed by atoms with van der Waals surface area (Å²) in [7, 11) is 0. The van der Waals surface area contributed by atoms with Gasteiger partial charge in [-0.25, -0.2) is 0 Å². The molecule has 3 nitrogen and oxygen atoms in total. The van der Waals surface area contributed by atoms with Crippen LogP contribution in [0.2, 0.25) is 0 Å². The third-order valence-corrected chi connectivity index (χ3v) is 4.87. The molecule has 0 unspecified atom stereocenters. The normalized spacial score (nSPS) is 23.0. The molecule has 1 atom stereocenters. The molecule has 0 amide bonds. The van der Waals surface area contributed by atoms with Gasteiger partial charge in [-0.1, -0.05) is 12.1 Å². The second-order valence-corrected chi connectivity index (χ2v) is 6.60. The van der Waals surface area contributed by atoms with Gasteiger partial charge in [-0.3, -0.25) is 0 Å². The molecular formula is C16H18F6N2O. The molecule has 1 aromatic carbocycles. The molecule has 140 valence electrons. The van der Waals surface area contributed by atoms with Crippen molar-refractivity contribution in [1.82, 2.24) is 5.32 Å². The first-order valence-electron chi connectivity index (χ1n) is 7.99. The van der Waals surface area contributed by atoms with Gasteiger partial charge in [0.15, 0.2) is 0 Å². The van der Waals surface area contributed by atoms with E-state index in [1.165, 1.54) is 12.1 Å². The van der Waals surface area contributed by atoms with E-state index in [0.717, 1.165) is 12.8 Å². The highest BCUT2D eigenvalue weighted by Crippen LogP contribution is 2.50. The number of hydrogen-bond acceptors (Lipinski definition) is 3. The summed E-state index contributed by atoms with van der Waals surface area (Å²) in [6.45, 7) is 1.98. The van der Waals surface area contributed by atoms with Crippen LogP contribution in [-0.2, 0) is 5.60 Å². The number of halogens is 6. The maximum atomic E-state index is 12.9. The summed E-state index contributed by atoms with van der Waals surface area (Å²) in [6, 6.07) is 4.09. The van der Waals surface area contributed by atoms with E-state index < -0.39 is 23.5 Å². The number of alkyl halides is 6. The molecule has 0 aromatic heterocycles. The van der Waals surface area contributed by atoms with Crippen LogP contribution in [0.5, 0.6) is 0 Å². The van der Waals surface area contributed by atoms with Crippen LogP contribution in [-0.4, -0.2) is 43.1 Å². The summed E-state index contributed by atoms with van der Waals surface area (Å²) in [5.74, 6) is 0.586. The smallest absolute Gasteiger partial charge is 0.369 e. The molecule has 2 N–H and O–H groups in total. The van der Waals surface area contributed by atoms with Crippen LogP contribution in [0.3, 0.4) is 0 Å². The van der Waals surface area contributed by atoms with Gasteiger partial charge < -0.3 is 15.3 Å². The zero-order valence-corrected chi connectivity index (χ0v) is 13.2. The van der Waals surface area contributed by atoms with E-state index in [9.17, 15) is 31.4 Å². The van der Waals surface area contributed by atoms with Gasteiger partial charge in [0, 0.05) is 36.9 Å². The Bertz CT molecular complexity index is 595. The second-order valence-electron chi connectivity index (χ2n) is 6.60. The van der Waals surface area contributed by atoms with Crippen molar-refractivity contribution in [3.8, 4) is 0 Å². The van der Waals surface area contributed by atoms with Crippen molar-refractivity contribution in [3.63, 3.8) is 0 Å². The van der Waals surface area contributed by atoms with Gasteiger partial charge in [-0.05, 0) is 30.9 Å². The highest BCUT2D eigenvalue weighted by molar-refractivity contribution is 5.49. The number of aliphatic hydroxyl groups is 1. The Kier molecular flexibility index (Phi) is 4.43. The SMILES string of the molecule is OC(c1ccc(N2CCN[C@H](C3CC3)C2)cc1)(C(F)(F)F)C(F)(F)F. The number of hydrogen-bond donors (Lipinski definition) is 2. The van der Waals surface area contributed by atoms with E-state index in [4.69, 9.17) is 0 Å². The lowest BCUT2D eigenvalue weighted by Crippen LogP contribution is -2.54. The van der Waals surface area contributed by atoms with Gasteiger partial charge in [0.25, 0.3) is 5.60 Å². The van der Waals surface area contributed by atoms with Crippen molar-refractivity contribution in [1.29, 1.82) is 0 Å². The molecule has 2 fully saturated rings. The Morgan fingerprint density at radius 1 is 0.960 bits per heavy atom. The average Bonchev–Trinajstić information content (AvgIpc) is 3.37. The number of nitrogens with one attached hydrogen (secondary N) is 1. The predicted molar refractivity (Wildman–Crippen MR) is 79.2 cm³/mol. The minimum Gasteiger partial charge on any atom is -0.369 e. The number of nitrogens with zero attached hydrogens (tertiary/aromatic N) is 1. The molecule has 1 aliphatic heterocycles. The minimum atomic E-state index is -5.86.